The lowest BCUT2D eigenvalue weighted by atomic mass is 9.87. The van der Waals surface area contributed by atoms with Crippen LogP contribution in [0.25, 0.3) is 0 Å². The van der Waals surface area contributed by atoms with E-state index < -0.39 is 0 Å². The van der Waals surface area contributed by atoms with Crippen LogP contribution in [0.1, 0.15) is 32.1 Å². The van der Waals surface area contributed by atoms with E-state index >= 15 is 0 Å². The number of carbonyl (C=O) groups is 2. The maximum Gasteiger partial charge on any atom is 0.264 e. The van der Waals surface area contributed by atoms with E-state index in [0.29, 0.717) is 39.3 Å². The van der Waals surface area contributed by atoms with E-state index in [1.54, 1.807) is 18.4 Å². The van der Waals surface area contributed by atoms with Gasteiger partial charge in [-0.15, -0.1) is 11.3 Å². The summed E-state index contributed by atoms with van der Waals surface area (Å²) < 4.78 is 10.5. The van der Waals surface area contributed by atoms with Gasteiger partial charge in [0.25, 0.3) is 5.91 Å². The molecule has 29 heavy (non-hydrogen) atoms. The van der Waals surface area contributed by atoms with E-state index in [1.165, 1.54) is 4.88 Å². The Morgan fingerprint density at radius 1 is 1.24 bits per heavy atom. The number of nitrogens with one attached hydrogen (secondary N) is 1. The second kappa shape index (κ2) is 8.97. The molecule has 1 fully saturated rings. The zero-order valence-electron chi connectivity index (χ0n) is 16.6. The molecule has 0 bridgehead atoms. The quantitative estimate of drug-likeness (QED) is 0.817. The van der Waals surface area contributed by atoms with Crippen LogP contribution in [0.15, 0.2) is 30.3 Å². The minimum atomic E-state index is -0.0401. The zero-order valence-corrected chi connectivity index (χ0v) is 17.4. The maximum atomic E-state index is 12.7. The number of morpholine rings is 1. The second-order valence-electron chi connectivity index (χ2n) is 7.47. The number of carbonyl (C=O) groups excluding carboxylic acids is 2. The highest BCUT2D eigenvalue weighted by atomic mass is 32.1. The number of benzene rings is 1. The fraction of sp³-hybridized carbons (Fsp3) is 0.455. The Kier molecular flexibility index (Phi) is 6.16. The highest BCUT2D eigenvalue weighted by molar-refractivity contribution is 7.14. The molecule has 154 valence electrons. The van der Waals surface area contributed by atoms with Gasteiger partial charge in [0, 0.05) is 30.4 Å². The van der Waals surface area contributed by atoms with Crippen molar-refractivity contribution in [2.24, 2.45) is 5.92 Å². The molecule has 0 unspecified atom stereocenters. The first-order valence-electron chi connectivity index (χ1n) is 10.0. The number of nitrogens with zero attached hydrogens (tertiary/aromatic N) is 1. The van der Waals surface area contributed by atoms with E-state index in [0.717, 1.165) is 34.6 Å². The van der Waals surface area contributed by atoms with Gasteiger partial charge in [-0.1, -0.05) is 12.1 Å². The van der Waals surface area contributed by atoms with Crippen LogP contribution in [0, 0.1) is 5.92 Å². The minimum absolute atomic E-state index is 0.0401. The number of hydrogen-bond acceptors (Lipinski definition) is 5. The molecule has 6 nitrogen and oxygen atoms in total. The smallest absolute Gasteiger partial charge is 0.264 e. The standard InChI is InChI=1S/C22H26N2O4S/c1-27-18-5-2-15(3-6-18)14-23-21(25)16-4-7-19-17(12-16)13-20(29-19)22(26)24-8-10-28-11-9-24/h2-3,5-6,13,16H,4,7-12,14H2,1H3,(H,23,25)/t16-/m0/s1. The Morgan fingerprint density at radius 2 is 2.00 bits per heavy atom. The molecule has 1 aliphatic carbocycles. The summed E-state index contributed by atoms with van der Waals surface area (Å²) in [6.07, 6.45) is 2.39. The van der Waals surface area contributed by atoms with Gasteiger partial charge >= 0.3 is 0 Å². The fourth-order valence-corrected chi connectivity index (χ4v) is 5.03. The van der Waals surface area contributed by atoms with Gasteiger partial charge in [0.2, 0.25) is 5.91 Å². The normalized spacial score (nSPS) is 18.8. The zero-order chi connectivity index (χ0) is 20.2. The molecule has 2 amide bonds. The van der Waals surface area contributed by atoms with Crippen molar-refractivity contribution in [2.75, 3.05) is 33.4 Å². The third-order valence-electron chi connectivity index (χ3n) is 5.59. The fourth-order valence-electron chi connectivity index (χ4n) is 3.85. The van der Waals surface area contributed by atoms with Gasteiger partial charge in [-0.25, -0.2) is 0 Å². The molecule has 7 heteroatoms. The third-order valence-corrected chi connectivity index (χ3v) is 6.81. The molecule has 2 aromatic rings. The predicted molar refractivity (Wildman–Crippen MR) is 111 cm³/mol. The monoisotopic (exact) mass is 414 g/mol. The molecule has 2 aliphatic rings. The average Bonchev–Trinajstić information content (AvgIpc) is 3.21. The summed E-state index contributed by atoms with van der Waals surface area (Å²) in [6.45, 7) is 3.02. The van der Waals surface area contributed by atoms with E-state index in [-0.39, 0.29) is 17.7 Å². The predicted octanol–water partition coefficient (Wildman–Crippen LogP) is 2.65. The van der Waals surface area contributed by atoms with Crippen LogP contribution in [0.4, 0.5) is 0 Å². The van der Waals surface area contributed by atoms with Gasteiger partial charge in [-0.3, -0.25) is 9.59 Å². The van der Waals surface area contributed by atoms with E-state index in [2.05, 4.69) is 5.32 Å². The van der Waals surface area contributed by atoms with Gasteiger partial charge in [0.05, 0.1) is 25.2 Å². The highest BCUT2D eigenvalue weighted by Crippen LogP contribution is 2.33. The first kappa shape index (κ1) is 19.9. The Morgan fingerprint density at radius 3 is 2.72 bits per heavy atom. The van der Waals surface area contributed by atoms with Crippen LogP contribution >= 0.6 is 11.3 Å². The van der Waals surface area contributed by atoms with E-state index in [9.17, 15) is 9.59 Å². The molecule has 0 radical (unpaired) electrons. The van der Waals surface area contributed by atoms with E-state index in [1.807, 2.05) is 35.2 Å². The van der Waals surface area contributed by atoms with Crippen molar-refractivity contribution in [3.63, 3.8) is 0 Å². The first-order chi connectivity index (χ1) is 14.1. The van der Waals surface area contributed by atoms with Gasteiger partial charge in [0.15, 0.2) is 0 Å². The molecule has 0 spiro atoms. The lowest BCUT2D eigenvalue weighted by molar-refractivity contribution is -0.125. The number of rotatable bonds is 5. The van der Waals surface area contributed by atoms with Crippen molar-refractivity contribution in [3.05, 3.63) is 51.2 Å². The van der Waals surface area contributed by atoms with Crippen molar-refractivity contribution in [1.29, 1.82) is 0 Å². The van der Waals surface area contributed by atoms with Crippen LogP contribution in [-0.2, 0) is 28.9 Å². The summed E-state index contributed by atoms with van der Waals surface area (Å²) in [6, 6.07) is 9.71. The summed E-state index contributed by atoms with van der Waals surface area (Å²) in [5.74, 6) is 0.938. The van der Waals surface area contributed by atoms with Gasteiger partial charge in [-0.05, 0) is 48.6 Å². The van der Waals surface area contributed by atoms with Crippen LogP contribution in [0.2, 0.25) is 0 Å². The van der Waals surface area contributed by atoms with Crippen molar-refractivity contribution in [2.45, 2.75) is 25.8 Å². The number of ether oxygens (including phenoxy) is 2. The topological polar surface area (TPSA) is 67.9 Å². The largest absolute Gasteiger partial charge is 0.497 e. The number of hydrogen-bond donors (Lipinski definition) is 1. The molecular formula is C22H26N2O4S. The molecule has 1 saturated heterocycles. The Bertz CT molecular complexity index is 871. The summed E-state index contributed by atoms with van der Waals surface area (Å²) >= 11 is 1.59. The minimum Gasteiger partial charge on any atom is -0.497 e. The number of amides is 2. The van der Waals surface area contributed by atoms with Crippen molar-refractivity contribution in [1.82, 2.24) is 10.2 Å². The van der Waals surface area contributed by atoms with Gasteiger partial charge in [-0.2, -0.15) is 0 Å². The van der Waals surface area contributed by atoms with Crippen molar-refractivity contribution >= 4 is 23.2 Å². The molecular weight excluding hydrogens is 388 g/mol. The lowest BCUT2D eigenvalue weighted by Gasteiger charge is -2.26. The average molecular weight is 415 g/mol. The Hall–Kier alpha value is -2.38. The van der Waals surface area contributed by atoms with Crippen LogP contribution in [0.3, 0.4) is 0 Å². The summed E-state index contributed by atoms with van der Waals surface area (Å²) in [4.78, 5) is 29.3. The Labute approximate surface area is 174 Å². The lowest BCUT2D eigenvalue weighted by Crippen LogP contribution is -2.40. The van der Waals surface area contributed by atoms with Crippen LogP contribution in [0.5, 0.6) is 5.75 Å². The first-order valence-corrected chi connectivity index (χ1v) is 10.8. The summed E-state index contributed by atoms with van der Waals surface area (Å²) in [5.41, 5.74) is 2.20. The SMILES string of the molecule is COc1ccc(CNC(=O)[C@H]2CCc3sc(C(=O)N4CCOCC4)cc3C2)cc1. The van der Waals surface area contributed by atoms with Crippen LogP contribution in [-0.4, -0.2) is 50.1 Å². The number of methoxy groups -OCH3 is 1. The summed E-state index contributed by atoms with van der Waals surface area (Å²) in [7, 11) is 1.64. The molecule has 0 saturated carbocycles. The maximum absolute atomic E-state index is 12.7. The third kappa shape index (κ3) is 4.62. The van der Waals surface area contributed by atoms with Gasteiger partial charge in [0.1, 0.15) is 5.75 Å². The molecule has 4 rings (SSSR count). The summed E-state index contributed by atoms with van der Waals surface area (Å²) in [5, 5.41) is 3.05. The Balaban J connectivity index is 1.34. The molecule has 1 atom stereocenters. The number of aryl methyl sites for hydroxylation is 1. The van der Waals surface area contributed by atoms with Crippen LogP contribution < -0.4 is 10.1 Å². The molecule has 2 heterocycles. The second-order valence-corrected chi connectivity index (χ2v) is 8.61. The molecule has 1 aromatic heterocycles. The number of thiophene rings is 1. The van der Waals surface area contributed by atoms with Crippen molar-refractivity contribution in [3.8, 4) is 5.75 Å². The molecule has 1 aromatic carbocycles. The molecule has 1 aliphatic heterocycles. The van der Waals surface area contributed by atoms with E-state index in [4.69, 9.17) is 9.47 Å². The highest BCUT2D eigenvalue weighted by Gasteiger charge is 2.28. The van der Waals surface area contributed by atoms with Crippen molar-refractivity contribution < 1.29 is 19.1 Å². The van der Waals surface area contributed by atoms with Gasteiger partial charge < -0.3 is 19.7 Å². The molecule has 1 N–H and O–H groups in total. The number of fused-ring (bicyclic) bond motifs is 1.